The Labute approximate surface area is 135 Å². The highest BCUT2D eigenvalue weighted by Crippen LogP contribution is 2.20. The molecule has 23 heavy (non-hydrogen) atoms. The predicted octanol–water partition coefficient (Wildman–Crippen LogP) is 3.00. The molecular formula is C18H19N5. The summed E-state index contributed by atoms with van der Waals surface area (Å²) in [5.74, 6) is 5.30. The van der Waals surface area contributed by atoms with Crippen LogP contribution in [0, 0.1) is 5.41 Å². The molecular weight excluding hydrogens is 286 g/mol. The second-order valence-corrected chi connectivity index (χ2v) is 4.72. The van der Waals surface area contributed by atoms with Crippen molar-refractivity contribution in [2.45, 2.75) is 0 Å². The number of pyridine rings is 1. The van der Waals surface area contributed by atoms with Crippen LogP contribution in [0.3, 0.4) is 0 Å². The SMILES string of the molecule is N=C(N)c1ccccn1.NNc1ccc(-c2ccccc2)cc1. The van der Waals surface area contributed by atoms with Crippen LogP contribution in [0.5, 0.6) is 0 Å². The van der Waals surface area contributed by atoms with Gasteiger partial charge in [-0.25, -0.2) is 0 Å². The van der Waals surface area contributed by atoms with Crippen molar-refractivity contribution in [1.29, 1.82) is 5.41 Å². The van der Waals surface area contributed by atoms with Crippen molar-refractivity contribution in [1.82, 2.24) is 4.98 Å². The minimum atomic E-state index is 0.00981. The third-order valence-electron chi connectivity index (χ3n) is 3.10. The minimum Gasteiger partial charge on any atom is -0.382 e. The lowest BCUT2D eigenvalue weighted by molar-refractivity contribution is 1.26. The van der Waals surface area contributed by atoms with Gasteiger partial charge in [-0.1, -0.05) is 48.5 Å². The zero-order chi connectivity index (χ0) is 16.5. The maximum absolute atomic E-state index is 6.95. The van der Waals surface area contributed by atoms with Crippen LogP contribution in [-0.2, 0) is 0 Å². The van der Waals surface area contributed by atoms with Crippen molar-refractivity contribution in [2.24, 2.45) is 11.6 Å². The zero-order valence-electron chi connectivity index (χ0n) is 12.6. The second kappa shape index (κ2) is 8.31. The zero-order valence-corrected chi connectivity index (χ0v) is 12.6. The number of amidine groups is 1. The summed E-state index contributed by atoms with van der Waals surface area (Å²) in [6.45, 7) is 0. The van der Waals surface area contributed by atoms with E-state index in [0.29, 0.717) is 5.69 Å². The molecule has 0 saturated carbocycles. The Balaban J connectivity index is 0.000000185. The first-order chi connectivity index (χ1) is 11.2. The summed E-state index contributed by atoms with van der Waals surface area (Å²) >= 11 is 0. The van der Waals surface area contributed by atoms with Crippen LogP contribution in [0.25, 0.3) is 11.1 Å². The van der Waals surface area contributed by atoms with Crippen molar-refractivity contribution in [3.63, 3.8) is 0 Å². The van der Waals surface area contributed by atoms with E-state index in [1.165, 1.54) is 11.1 Å². The summed E-state index contributed by atoms with van der Waals surface area (Å²) in [6, 6.07) is 23.5. The average molecular weight is 305 g/mol. The summed E-state index contributed by atoms with van der Waals surface area (Å²) in [5.41, 5.74) is 11.6. The number of benzene rings is 2. The molecule has 0 atom stereocenters. The molecule has 6 N–H and O–H groups in total. The summed E-state index contributed by atoms with van der Waals surface area (Å²) in [4.78, 5) is 3.83. The molecule has 5 heteroatoms. The predicted molar refractivity (Wildman–Crippen MR) is 94.9 cm³/mol. The van der Waals surface area contributed by atoms with E-state index in [2.05, 4.69) is 22.5 Å². The van der Waals surface area contributed by atoms with Crippen LogP contribution in [0.4, 0.5) is 5.69 Å². The van der Waals surface area contributed by atoms with Crippen LogP contribution in [0.1, 0.15) is 5.69 Å². The van der Waals surface area contributed by atoms with Gasteiger partial charge in [0.05, 0.1) is 0 Å². The number of hydrogen-bond donors (Lipinski definition) is 4. The molecule has 0 amide bonds. The number of aromatic nitrogens is 1. The molecule has 1 aromatic heterocycles. The topological polar surface area (TPSA) is 101 Å². The monoisotopic (exact) mass is 305 g/mol. The Morgan fingerprint density at radius 1 is 0.826 bits per heavy atom. The Bertz CT molecular complexity index is 724. The third-order valence-corrected chi connectivity index (χ3v) is 3.10. The van der Waals surface area contributed by atoms with Crippen molar-refractivity contribution in [3.05, 3.63) is 84.7 Å². The normalized spacial score (nSPS) is 9.43. The van der Waals surface area contributed by atoms with Gasteiger partial charge in [0.25, 0.3) is 0 Å². The molecule has 0 saturated heterocycles. The van der Waals surface area contributed by atoms with E-state index < -0.39 is 0 Å². The van der Waals surface area contributed by atoms with Crippen LogP contribution >= 0.6 is 0 Å². The molecule has 116 valence electrons. The lowest BCUT2D eigenvalue weighted by Crippen LogP contribution is -2.12. The molecule has 1 heterocycles. The van der Waals surface area contributed by atoms with Gasteiger partial charge in [0.2, 0.25) is 0 Å². The van der Waals surface area contributed by atoms with Crippen molar-refractivity contribution >= 4 is 11.5 Å². The fraction of sp³-hybridized carbons (Fsp3) is 0. The maximum atomic E-state index is 6.95. The fourth-order valence-electron chi connectivity index (χ4n) is 1.91. The summed E-state index contributed by atoms with van der Waals surface area (Å²) in [7, 11) is 0. The van der Waals surface area contributed by atoms with Crippen LogP contribution in [-0.4, -0.2) is 10.8 Å². The number of hydrazine groups is 1. The number of rotatable bonds is 3. The second-order valence-electron chi connectivity index (χ2n) is 4.72. The van der Waals surface area contributed by atoms with Crippen LogP contribution < -0.4 is 17.0 Å². The fourth-order valence-corrected chi connectivity index (χ4v) is 1.91. The highest BCUT2D eigenvalue weighted by Gasteiger charge is 1.95. The van der Waals surface area contributed by atoms with E-state index in [1.54, 1.807) is 24.4 Å². The summed E-state index contributed by atoms with van der Waals surface area (Å²) in [6.07, 6.45) is 1.61. The van der Waals surface area contributed by atoms with Crippen molar-refractivity contribution in [2.75, 3.05) is 5.43 Å². The van der Waals surface area contributed by atoms with Crippen LogP contribution in [0.15, 0.2) is 79.0 Å². The Hall–Kier alpha value is -3.18. The van der Waals surface area contributed by atoms with Gasteiger partial charge < -0.3 is 11.2 Å². The molecule has 0 aliphatic heterocycles. The van der Waals surface area contributed by atoms with Gasteiger partial charge in [0.15, 0.2) is 0 Å². The molecule has 0 aliphatic rings. The highest BCUT2D eigenvalue weighted by atomic mass is 15.2. The summed E-state index contributed by atoms with van der Waals surface area (Å²) in [5, 5.41) is 6.95. The third kappa shape index (κ3) is 4.94. The Morgan fingerprint density at radius 3 is 1.91 bits per heavy atom. The molecule has 3 rings (SSSR count). The molecule has 0 aliphatic carbocycles. The van der Waals surface area contributed by atoms with E-state index in [-0.39, 0.29) is 5.84 Å². The van der Waals surface area contributed by atoms with Gasteiger partial charge in [-0.05, 0) is 35.4 Å². The van der Waals surface area contributed by atoms with E-state index in [1.807, 2.05) is 42.5 Å². The Kier molecular flexibility index (Phi) is 5.85. The van der Waals surface area contributed by atoms with Gasteiger partial charge in [-0.2, -0.15) is 0 Å². The molecule has 0 spiro atoms. The quantitative estimate of drug-likeness (QED) is 0.258. The lowest BCUT2D eigenvalue weighted by atomic mass is 10.1. The molecule has 0 bridgehead atoms. The Morgan fingerprint density at radius 2 is 1.43 bits per heavy atom. The van der Waals surface area contributed by atoms with Gasteiger partial charge in [-0.15, -0.1) is 0 Å². The van der Waals surface area contributed by atoms with Gasteiger partial charge in [0, 0.05) is 11.9 Å². The standard InChI is InChI=1S/C12H12N2.C6H7N3/c13-14-12-8-6-11(7-9-12)10-4-2-1-3-5-10;7-6(8)5-3-1-2-4-9-5/h1-9,14H,13H2;1-4H,(H3,7,8). The molecule has 3 aromatic rings. The molecule has 0 unspecified atom stereocenters. The van der Waals surface area contributed by atoms with Crippen LogP contribution in [0.2, 0.25) is 0 Å². The van der Waals surface area contributed by atoms with Gasteiger partial charge in [0.1, 0.15) is 11.5 Å². The molecule has 0 radical (unpaired) electrons. The number of nitrogens with two attached hydrogens (primary N) is 2. The van der Waals surface area contributed by atoms with E-state index in [4.69, 9.17) is 17.0 Å². The number of nitrogens with zero attached hydrogens (tertiary/aromatic N) is 1. The number of nitrogen functional groups attached to an aromatic ring is 2. The average Bonchev–Trinajstić information content (AvgIpc) is 2.64. The van der Waals surface area contributed by atoms with Crippen molar-refractivity contribution < 1.29 is 0 Å². The highest BCUT2D eigenvalue weighted by molar-refractivity contribution is 5.92. The van der Waals surface area contributed by atoms with Gasteiger partial charge >= 0.3 is 0 Å². The molecule has 2 aromatic carbocycles. The minimum absolute atomic E-state index is 0.00981. The molecule has 0 fully saturated rings. The maximum Gasteiger partial charge on any atom is 0.141 e. The van der Waals surface area contributed by atoms with Crippen molar-refractivity contribution in [3.8, 4) is 11.1 Å². The first-order valence-corrected chi connectivity index (χ1v) is 7.08. The first-order valence-electron chi connectivity index (χ1n) is 7.08. The van der Waals surface area contributed by atoms with E-state index >= 15 is 0 Å². The number of hydrogen-bond acceptors (Lipinski definition) is 4. The smallest absolute Gasteiger partial charge is 0.141 e. The van der Waals surface area contributed by atoms with E-state index in [0.717, 1.165) is 5.69 Å². The first kappa shape index (κ1) is 16.2. The molecule has 5 nitrogen and oxygen atoms in total. The largest absolute Gasteiger partial charge is 0.382 e. The van der Waals surface area contributed by atoms with Gasteiger partial charge in [-0.3, -0.25) is 16.2 Å². The number of anilines is 1. The van der Waals surface area contributed by atoms with E-state index in [9.17, 15) is 0 Å². The lowest BCUT2D eigenvalue weighted by Gasteiger charge is -2.03. The number of nitrogens with one attached hydrogen (secondary N) is 2. The summed E-state index contributed by atoms with van der Waals surface area (Å²) < 4.78 is 0.